The minimum absolute atomic E-state index is 0.0906. The number of aryl methyl sites for hydroxylation is 1. The van der Waals surface area contributed by atoms with E-state index in [0.717, 1.165) is 68.1 Å². The fraction of sp³-hybridized carbons (Fsp3) is 0.700. The van der Waals surface area contributed by atoms with Gasteiger partial charge in [-0.05, 0) is 70.6 Å². The van der Waals surface area contributed by atoms with Gasteiger partial charge in [-0.25, -0.2) is 4.79 Å². The second-order valence-electron chi connectivity index (χ2n) is 11.5. The molecule has 3 amide bonds. The van der Waals surface area contributed by atoms with Crippen LogP contribution in [0, 0.1) is 13.8 Å². The summed E-state index contributed by atoms with van der Waals surface area (Å²) in [7, 11) is 0. The van der Waals surface area contributed by atoms with Gasteiger partial charge in [-0.3, -0.25) is 9.59 Å². The molecule has 0 radical (unpaired) electrons. The lowest BCUT2D eigenvalue weighted by atomic mass is 9.92. The van der Waals surface area contributed by atoms with E-state index >= 15 is 0 Å². The molecule has 0 heterocycles. The zero-order valence-corrected chi connectivity index (χ0v) is 25.2. The van der Waals surface area contributed by atoms with Crippen LogP contribution in [0.4, 0.5) is 4.79 Å². The number of nitrogens with one attached hydrogen (secondary N) is 2. The Kier molecular flexibility index (Phi) is 13.0. The minimum atomic E-state index is -0.922. The van der Waals surface area contributed by atoms with Crippen molar-refractivity contribution in [3.8, 4) is 0 Å². The van der Waals surface area contributed by atoms with Gasteiger partial charge in [0.25, 0.3) is 0 Å². The second-order valence-corrected chi connectivity index (χ2v) is 11.9. The molecule has 0 bridgehead atoms. The number of carbonyl (C=O) groups is 3. The maximum absolute atomic E-state index is 14.1. The van der Waals surface area contributed by atoms with Gasteiger partial charge in [0.05, 0.1) is 0 Å². The summed E-state index contributed by atoms with van der Waals surface area (Å²) in [6, 6.07) is 4.29. The molecular weight excluding hydrogens is 498 g/mol. The fourth-order valence-electron chi connectivity index (χ4n) is 4.96. The lowest BCUT2D eigenvalue weighted by Crippen LogP contribution is -2.54. The number of alkyl carbamates (subject to hydrolysis) is 1. The van der Waals surface area contributed by atoms with E-state index in [1.807, 2.05) is 32.0 Å². The van der Waals surface area contributed by atoms with E-state index in [2.05, 4.69) is 30.2 Å². The average molecular weight is 548 g/mol. The summed E-state index contributed by atoms with van der Waals surface area (Å²) >= 11 is 4.39. The molecule has 1 aromatic carbocycles. The van der Waals surface area contributed by atoms with Gasteiger partial charge in [-0.1, -0.05) is 63.6 Å². The number of thiol groups is 1. The van der Waals surface area contributed by atoms with E-state index in [0.29, 0.717) is 6.54 Å². The number of nitrogens with zero attached hydrogens (tertiary/aromatic N) is 1. The topological polar surface area (TPSA) is 87.7 Å². The quantitative estimate of drug-likeness (QED) is 0.220. The van der Waals surface area contributed by atoms with Gasteiger partial charge in [-0.15, -0.1) is 0 Å². The molecule has 0 spiro atoms. The molecule has 0 aliphatic heterocycles. The van der Waals surface area contributed by atoms with Crippen molar-refractivity contribution >= 4 is 30.5 Å². The summed E-state index contributed by atoms with van der Waals surface area (Å²) in [6.07, 6.45) is 8.45. The average Bonchev–Trinajstić information content (AvgIpc) is 2.85. The van der Waals surface area contributed by atoms with E-state index in [-0.39, 0.29) is 23.6 Å². The first kappa shape index (κ1) is 32.0. The molecule has 0 aromatic heterocycles. The number of ether oxygens (including phenoxy) is 1. The highest BCUT2D eigenvalue weighted by Gasteiger charge is 2.37. The Morgan fingerprint density at radius 3 is 2.37 bits per heavy atom. The molecular formula is C30H49N3O4S. The monoisotopic (exact) mass is 547 g/mol. The Morgan fingerprint density at radius 2 is 1.76 bits per heavy atom. The molecule has 1 fully saturated rings. The highest BCUT2D eigenvalue weighted by molar-refractivity contribution is 7.80. The Labute approximate surface area is 235 Å². The third-order valence-corrected chi connectivity index (χ3v) is 7.53. The number of hydrogen-bond acceptors (Lipinski definition) is 5. The minimum Gasteiger partial charge on any atom is -0.444 e. The molecule has 1 aliphatic rings. The number of hydrogen-bond donors (Lipinski definition) is 3. The number of carbonyl (C=O) groups excluding carboxylic acids is 3. The third kappa shape index (κ3) is 9.83. The number of unbranched alkanes of at least 4 members (excludes halogenated alkanes) is 3. The van der Waals surface area contributed by atoms with Crippen LogP contribution in [-0.4, -0.2) is 52.8 Å². The standard InChI is InChI=1S/C30H49N3O4S/c1-7-8-9-13-19-33(28(35)25(20-38)32-29(36)37-30(4,5)6)26(24-18-14-15-21(2)22(24)3)27(34)31-23-16-11-10-12-17-23/h14-15,18,23,25-26,38H,7-13,16-17,19-20H2,1-6H3,(H,31,34)(H,32,36). The number of amides is 3. The molecule has 214 valence electrons. The van der Waals surface area contributed by atoms with E-state index in [1.165, 1.54) is 6.42 Å². The maximum atomic E-state index is 14.1. The van der Waals surface area contributed by atoms with Crippen molar-refractivity contribution in [1.82, 2.24) is 15.5 Å². The first-order valence-electron chi connectivity index (χ1n) is 14.3. The maximum Gasteiger partial charge on any atom is 0.408 e. The van der Waals surface area contributed by atoms with Crippen molar-refractivity contribution in [2.24, 2.45) is 0 Å². The molecule has 8 heteroatoms. The summed E-state index contributed by atoms with van der Waals surface area (Å²) in [5.41, 5.74) is 2.17. The van der Waals surface area contributed by atoms with Gasteiger partial charge in [0.15, 0.2) is 0 Å². The Bertz CT molecular complexity index is 925. The van der Waals surface area contributed by atoms with Gasteiger partial charge < -0.3 is 20.3 Å². The zero-order chi connectivity index (χ0) is 28.3. The molecule has 0 saturated heterocycles. The second kappa shape index (κ2) is 15.4. The first-order valence-corrected chi connectivity index (χ1v) is 14.9. The molecule has 1 aliphatic carbocycles. The Hall–Kier alpha value is -2.22. The van der Waals surface area contributed by atoms with Crippen LogP contribution < -0.4 is 10.6 Å². The van der Waals surface area contributed by atoms with Crippen LogP contribution in [0.1, 0.15) is 108 Å². The summed E-state index contributed by atoms with van der Waals surface area (Å²) in [6.45, 7) is 11.9. The van der Waals surface area contributed by atoms with E-state index in [1.54, 1.807) is 25.7 Å². The van der Waals surface area contributed by atoms with E-state index < -0.39 is 23.8 Å². The Balaban J connectivity index is 2.45. The molecule has 2 atom stereocenters. The largest absolute Gasteiger partial charge is 0.444 e. The molecule has 7 nitrogen and oxygen atoms in total. The summed E-state index contributed by atoms with van der Waals surface area (Å²) < 4.78 is 5.41. The van der Waals surface area contributed by atoms with Crippen molar-refractivity contribution in [2.45, 2.75) is 123 Å². The predicted octanol–water partition coefficient (Wildman–Crippen LogP) is 6.03. The van der Waals surface area contributed by atoms with Crippen molar-refractivity contribution in [2.75, 3.05) is 12.3 Å². The van der Waals surface area contributed by atoms with Crippen LogP contribution in [0.15, 0.2) is 18.2 Å². The highest BCUT2D eigenvalue weighted by atomic mass is 32.1. The van der Waals surface area contributed by atoms with E-state index in [4.69, 9.17) is 4.74 Å². The zero-order valence-electron chi connectivity index (χ0n) is 24.3. The lowest BCUT2D eigenvalue weighted by Gasteiger charge is -2.36. The van der Waals surface area contributed by atoms with Crippen LogP contribution >= 0.6 is 12.6 Å². The van der Waals surface area contributed by atoms with Crippen molar-refractivity contribution in [3.63, 3.8) is 0 Å². The van der Waals surface area contributed by atoms with Crippen molar-refractivity contribution < 1.29 is 19.1 Å². The lowest BCUT2D eigenvalue weighted by molar-refractivity contribution is -0.142. The molecule has 2 N–H and O–H groups in total. The summed E-state index contributed by atoms with van der Waals surface area (Å²) in [5.74, 6) is -0.399. The highest BCUT2D eigenvalue weighted by Crippen LogP contribution is 2.29. The van der Waals surface area contributed by atoms with Crippen LogP contribution in [-0.2, 0) is 14.3 Å². The summed E-state index contributed by atoms with van der Waals surface area (Å²) in [4.78, 5) is 42.3. The smallest absolute Gasteiger partial charge is 0.408 e. The summed E-state index contributed by atoms with van der Waals surface area (Å²) in [5, 5.41) is 5.96. The predicted molar refractivity (Wildman–Crippen MR) is 157 cm³/mol. The molecule has 1 saturated carbocycles. The normalized spacial score (nSPS) is 15.9. The molecule has 2 unspecified atom stereocenters. The number of rotatable bonds is 12. The fourth-order valence-corrected chi connectivity index (χ4v) is 5.21. The first-order chi connectivity index (χ1) is 18.0. The van der Waals surface area contributed by atoms with Crippen LogP contribution in [0.3, 0.4) is 0 Å². The van der Waals surface area contributed by atoms with Crippen molar-refractivity contribution in [3.05, 3.63) is 34.9 Å². The number of benzene rings is 1. The Morgan fingerprint density at radius 1 is 1.08 bits per heavy atom. The SMILES string of the molecule is CCCCCCN(C(=O)C(CS)NC(=O)OC(C)(C)C)C(C(=O)NC1CCCCC1)c1cccc(C)c1C. The van der Waals surface area contributed by atoms with Crippen LogP contribution in [0.25, 0.3) is 0 Å². The molecule has 1 aromatic rings. The van der Waals surface area contributed by atoms with Gasteiger partial charge in [-0.2, -0.15) is 12.6 Å². The van der Waals surface area contributed by atoms with Crippen molar-refractivity contribution in [1.29, 1.82) is 0 Å². The van der Waals surface area contributed by atoms with Gasteiger partial charge in [0, 0.05) is 18.3 Å². The van der Waals surface area contributed by atoms with Crippen LogP contribution in [0.2, 0.25) is 0 Å². The third-order valence-electron chi connectivity index (χ3n) is 7.16. The van der Waals surface area contributed by atoms with E-state index in [9.17, 15) is 14.4 Å². The molecule has 38 heavy (non-hydrogen) atoms. The van der Waals surface area contributed by atoms with Gasteiger partial charge in [0.1, 0.15) is 17.7 Å². The van der Waals surface area contributed by atoms with Crippen LogP contribution in [0.5, 0.6) is 0 Å². The van der Waals surface area contributed by atoms with Gasteiger partial charge >= 0.3 is 6.09 Å². The van der Waals surface area contributed by atoms with Gasteiger partial charge in [0.2, 0.25) is 11.8 Å². The molecule has 2 rings (SSSR count).